The number of aromatic nitrogens is 3. The largest absolute Gasteiger partial charge is 0.478 e. The minimum Gasteiger partial charge on any atom is -0.478 e. The Hall–Kier alpha value is -2.40. The quantitative estimate of drug-likeness (QED) is 0.804. The van der Waals surface area contributed by atoms with Crippen molar-refractivity contribution in [2.75, 3.05) is 0 Å². The lowest BCUT2D eigenvalue weighted by molar-refractivity contribution is 0.0696. The van der Waals surface area contributed by atoms with Crippen molar-refractivity contribution < 1.29 is 9.90 Å². The number of hydrogen-bond donors (Lipinski definition) is 1. The summed E-state index contributed by atoms with van der Waals surface area (Å²) in [5, 5.41) is 13.9. The van der Waals surface area contributed by atoms with Crippen LogP contribution in [0, 0.1) is 0 Å². The summed E-state index contributed by atoms with van der Waals surface area (Å²) in [6, 6.07) is 10.6. The van der Waals surface area contributed by atoms with Crippen LogP contribution in [0.2, 0.25) is 5.02 Å². The van der Waals surface area contributed by atoms with E-state index >= 15 is 0 Å². The average Bonchev–Trinajstić information content (AvgIpc) is 2.82. The molecule has 0 aliphatic rings. The summed E-state index contributed by atoms with van der Waals surface area (Å²) in [6.07, 6.45) is 2.03. The number of carbonyl (C=O) groups is 1. The van der Waals surface area contributed by atoms with Gasteiger partial charge in [0.05, 0.1) is 5.56 Å². The van der Waals surface area contributed by atoms with Crippen LogP contribution in [0.15, 0.2) is 42.6 Å². The Morgan fingerprint density at radius 1 is 1.20 bits per heavy atom. The molecule has 20 heavy (non-hydrogen) atoms. The molecule has 0 fully saturated rings. The molecule has 1 N–H and O–H groups in total. The molecule has 0 spiro atoms. The molecule has 0 saturated carbocycles. The summed E-state index contributed by atoms with van der Waals surface area (Å²) >= 11 is 5.83. The van der Waals surface area contributed by atoms with Gasteiger partial charge in [-0.05, 0) is 29.8 Å². The number of pyridine rings is 1. The third kappa shape index (κ3) is 2.48. The molecule has 2 aromatic heterocycles. The molecule has 0 bridgehead atoms. The average molecular weight is 288 g/mol. The number of fused-ring (bicyclic) bond motifs is 1. The van der Waals surface area contributed by atoms with Crippen LogP contribution in [0.4, 0.5) is 0 Å². The van der Waals surface area contributed by atoms with Crippen LogP contribution < -0.4 is 0 Å². The van der Waals surface area contributed by atoms with E-state index in [4.69, 9.17) is 16.7 Å². The van der Waals surface area contributed by atoms with E-state index in [-0.39, 0.29) is 5.56 Å². The molecule has 3 aromatic rings. The third-order valence-electron chi connectivity index (χ3n) is 2.90. The van der Waals surface area contributed by atoms with Crippen LogP contribution in [0.5, 0.6) is 0 Å². The summed E-state index contributed by atoms with van der Waals surface area (Å²) in [5.41, 5.74) is 1.85. The molecule has 5 nitrogen and oxygen atoms in total. The van der Waals surface area contributed by atoms with Crippen molar-refractivity contribution in [1.82, 2.24) is 14.6 Å². The maximum atomic E-state index is 10.9. The van der Waals surface area contributed by atoms with Crippen LogP contribution in [0.3, 0.4) is 0 Å². The molecule has 0 aliphatic carbocycles. The predicted molar refractivity (Wildman–Crippen MR) is 74.2 cm³/mol. The first kappa shape index (κ1) is 12.6. The number of benzene rings is 1. The van der Waals surface area contributed by atoms with Crippen molar-refractivity contribution in [3.05, 3.63) is 64.6 Å². The highest BCUT2D eigenvalue weighted by Crippen LogP contribution is 2.13. The van der Waals surface area contributed by atoms with E-state index in [1.54, 1.807) is 6.07 Å². The maximum absolute atomic E-state index is 10.9. The second-order valence-corrected chi connectivity index (χ2v) is 4.79. The summed E-state index contributed by atoms with van der Waals surface area (Å²) in [5.74, 6) is -0.350. The first-order chi connectivity index (χ1) is 9.61. The number of aromatic carboxylic acids is 1. The van der Waals surface area contributed by atoms with Crippen molar-refractivity contribution >= 4 is 23.2 Å². The predicted octanol–water partition coefficient (Wildman–Crippen LogP) is 2.67. The minimum absolute atomic E-state index is 0.181. The molecule has 0 radical (unpaired) electrons. The second-order valence-electron chi connectivity index (χ2n) is 4.36. The van der Waals surface area contributed by atoms with E-state index in [1.165, 1.54) is 16.8 Å². The fourth-order valence-corrected chi connectivity index (χ4v) is 2.04. The van der Waals surface area contributed by atoms with E-state index in [1.807, 2.05) is 24.3 Å². The topological polar surface area (TPSA) is 67.5 Å². The lowest BCUT2D eigenvalue weighted by Crippen LogP contribution is -1.99. The normalized spacial score (nSPS) is 10.8. The number of carboxylic acid groups (broad SMARTS) is 1. The third-order valence-corrected chi connectivity index (χ3v) is 3.15. The monoisotopic (exact) mass is 287 g/mol. The second kappa shape index (κ2) is 4.94. The Balaban J connectivity index is 1.92. The standard InChI is InChI=1S/C14H10ClN3O2/c15-11-4-1-9(2-5-11)7-12-16-13-6-3-10(14(19)20)8-18(13)17-12/h1-6,8H,7H2,(H,19,20). The summed E-state index contributed by atoms with van der Waals surface area (Å²) in [7, 11) is 0. The van der Waals surface area contributed by atoms with Crippen molar-refractivity contribution in [1.29, 1.82) is 0 Å². The van der Waals surface area contributed by atoms with E-state index in [9.17, 15) is 4.79 Å². The molecule has 0 atom stereocenters. The molecule has 100 valence electrons. The fourth-order valence-electron chi connectivity index (χ4n) is 1.92. The Morgan fingerprint density at radius 3 is 2.65 bits per heavy atom. The van der Waals surface area contributed by atoms with Crippen molar-refractivity contribution in [3.63, 3.8) is 0 Å². The van der Waals surface area contributed by atoms with Gasteiger partial charge in [-0.1, -0.05) is 23.7 Å². The molecule has 2 heterocycles. The summed E-state index contributed by atoms with van der Waals surface area (Å²) in [4.78, 5) is 15.3. The van der Waals surface area contributed by atoms with Gasteiger partial charge in [0, 0.05) is 17.6 Å². The van der Waals surface area contributed by atoms with E-state index in [0.717, 1.165) is 5.56 Å². The van der Waals surface area contributed by atoms with Crippen LogP contribution in [-0.2, 0) is 6.42 Å². The Bertz CT molecular complexity index is 781. The highest BCUT2D eigenvalue weighted by atomic mass is 35.5. The van der Waals surface area contributed by atoms with E-state index < -0.39 is 5.97 Å². The number of halogens is 1. The molecule has 1 aromatic carbocycles. The van der Waals surface area contributed by atoms with E-state index in [2.05, 4.69) is 10.1 Å². The highest BCUT2D eigenvalue weighted by molar-refractivity contribution is 6.30. The molecule has 0 unspecified atom stereocenters. The molecule has 3 rings (SSSR count). The van der Waals surface area contributed by atoms with Gasteiger partial charge in [0.15, 0.2) is 11.5 Å². The van der Waals surface area contributed by atoms with Crippen LogP contribution >= 0.6 is 11.6 Å². The first-order valence-corrected chi connectivity index (χ1v) is 6.33. The number of nitrogens with zero attached hydrogens (tertiary/aromatic N) is 3. The molecular weight excluding hydrogens is 278 g/mol. The Labute approximate surface area is 119 Å². The minimum atomic E-state index is -0.985. The molecule has 0 amide bonds. The van der Waals surface area contributed by atoms with E-state index in [0.29, 0.717) is 22.9 Å². The lowest BCUT2D eigenvalue weighted by Gasteiger charge is -1.96. The van der Waals surface area contributed by atoms with Gasteiger partial charge in [-0.15, -0.1) is 0 Å². The summed E-state index contributed by atoms with van der Waals surface area (Å²) < 4.78 is 1.48. The smallest absolute Gasteiger partial charge is 0.337 e. The number of hydrogen-bond acceptors (Lipinski definition) is 3. The highest BCUT2D eigenvalue weighted by Gasteiger charge is 2.08. The van der Waals surface area contributed by atoms with Crippen molar-refractivity contribution in [3.8, 4) is 0 Å². The Morgan fingerprint density at radius 2 is 1.95 bits per heavy atom. The molecule has 0 saturated heterocycles. The molecular formula is C14H10ClN3O2. The van der Waals surface area contributed by atoms with Gasteiger partial charge in [-0.2, -0.15) is 5.10 Å². The summed E-state index contributed by atoms with van der Waals surface area (Å²) in [6.45, 7) is 0. The van der Waals surface area contributed by atoms with Gasteiger partial charge < -0.3 is 5.11 Å². The SMILES string of the molecule is O=C(O)c1ccc2nc(Cc3ccc(Cl)cc3)nn2c1. The fraction of sp³-hybridized carbons (Fsp3) is 0.0714. The van der Waals surface area contributed by atoms with Crippen molar-refractivity contribution in [2.24, 2.45) is 0 Å². The van der Waals surface area contributed by atoms with Crippen molar-refractivity contribution in [2.45, 2.75) is 6.42 Å². The number of rotatable bonds is 3. The van der Waals surface area contributed by atoms with Gasteiger partial charge in [0.25, 0.3) is 0 Å². The van der Waals surface area contributed by atoms with Gasteiger partial charge >= 0.3 is 5.97 Å². The molecule has 6 heteroatoms. The van der Waals surface area contributed by atoms with Gasteiger partial charge in [-0.3, -0.25) is 0 Å². The first-order valence-electron chi connectivity index (χ1n) is 5.95. The Kier molecular flexibility index (Phi) is 3.12. The van der Waals surface area contributed by atoms with Gasteiger partial charge in [0.2, 0.25) is 0 Å². The maximum Gasteiger partial charge on any atom is 0.337 e. The lowest BCUT2D eigenvalue weighted by atomic mass is 10.1. The zero-order valence-corrected chi connectivity index (χ0v) is 11.1. The zero-order chi connectivity index (χ0) is 14.1. The zero-order valence-electron chi connectivity index (χ0n) is 10.3. The van der Waals surface area contributed by atoms with Crippen LogP contribution in [0.25, 0.3) is 5.65 Å². The number of carboxylic acids is 1. The van der Waals surface area contributed by atoms with Crippen LogP contribution in [-0.4, -0.2) is 25.7 Å². The van der Waals surface area contributed by atoms with Crippen LogP contribution in [0.1, 0.15) is 21.7 Å². The van der Waals surface area contributed by atoms with Gasteiger partial charge in [0.1, 0.15) is 0 Å². The van der Waals surface area contributed by atoms with Gasteiger partial charge in [-0.25, -0.2) is 14.3 Å². The molecule has 0 aliphatic heterocycles.